The lowest BCUT2D eigenvalue weighted by molar-refractivity contribution is 0.0972. The molecule has 0 aliphatic heterocycles. The lowest BCUT2D eigenvalue weighted by atomic mass is 9.96. The van der Waals surface area contributed by atoms with Gasteiger partial charge in [0.05, 0.1) is 11.6 Å². The van der Waals surface area contributed by atoms with E-state index in [2.05, 4.69) is 5.32 Å². The normalized spacial score (nSPS) is 11.9. The molecule has 0 fully saturated rings. The summed E-state index contributed by atoms with van der Waals surface area (Å²) < 4.78 is 1.35. The summed E-state index contributed by atoms with van der Waals surface area (Å²) in [6.07, 6.45) is -0.173. The highest BCUT2D eigenvalue weighted by Gasteiger charge is 2.26. The predicted octanol–water partition coefficient (Wildman–Crippen LogP) is 3.96. The molecule has 4 rings (SSSR count). The molecule has 0 bridgehead atoms. The average molecular weight is 429 g/mol. The van der Waals surface area contributed by atoms with Crippen LogP contribution in [0.2, 0.25) is 0 Å². The number of pyridine rings is 1. The number of anilines is 2. The van der Waals surface area contributed by atoms with Crippen molar-refractivity contribution in [2.24, 2.45) is 7.05 Å². The number of phenols is 1. The minimum atomic E-state index is -0.666. The quantitative estimate of drug-likeness (QED) is 0.272. The first-order valence-electron chi connectivity index (χ1n) is 10.1. The third-order valence-corrected chi connectivity index (χ3v) is 5.48. The molecule has 0 radical (unpaired) electrons. The largest absolute Gasteiger partial charge is 0.508 e. The van der Waals surface area contributed by atoms with E-state index in [4.69, 9.17) is 5.73 Å². The van der Waals surface area contributed by atoms with Crippen molar-refractivity contribution in [3.05, 3.63) is 94.3 Å². The smallest absolute Gasteiger partial charge is 0.265 e. The van der Waals surface area contributed by atoms with Gasteiger partial charge in [-0.2, -0.15) is 0 Å². The van der Waals surface area contributed by atoms with E-state index in [9.17, 15) is 19.8 Å². The topological polar surface area (TPSA) is 118 Å². The number of rotatable bonds is 6. The van der Waals surface area contributed by atoms with Crippen molar-refractivity contribution in [2.75, 3.05) is 11.1 Å². The Morgan fingerprint density at radius 3 is 2.50 bits per heavy atom. The summed E-state index contributed by atoms with van der Waals surface area (Å²) in [7, 11) is 1.56. The van der Waals surface area contributed by atoms with Crippen molar-refractivity contribution in [3.8, 4) is 11.5 Å². The summed E-state index contributed by atoms with van der Waals surface area (Å²) in [5, 5.41) is 24.8. The first-order chi connectivity index (χ1) is 15.4. The van der Waals surface area contributed by atoms with Gasteiger partial charge in [0.1, 0.15) is 17.1 Å². The van der Waals surface area contributed by atoms with Gasteiger partial charge in [0.15, 0.2) is 5.78 Å². The number of nitrogens with zero attached hydrogens (tertiary/aromatic N) is 1. The number of benzene rings is 3. The van der Waals surface area contributed by atoms with Crippen LogP contribution in [0.5, 0.6) is 11.5 Å². The molecule has 4 aromatic rings. The molecule has 7 nitrogen and oxygen atoms in total. The van der Waals surface area contributed by atoms with Crippen LogP contribution < -0.4 is 16.6 Å². The van der Waals surface area contributed by atoms with Gasteiger partial charge >= 0.3 is 0 Å². The summed E-state index contributed by atoms with van der Waals surface area (Å²) >= 11 is 0. The van der Waals surface area contributed by atoms with Crippen molar-refractivity contribution in [3.63, 3.8) is 0 Å². The number of aromatic hydroxyl groups is 2. The molecule has 0 aliphatic rings. The van der Waals surface area contributed by atoms with Gasteiger partial charge in [-0.3, -0.25) is 9.59 Å². The number of fused-ring (bicyclic) bond motifs is 1. The summed E-state index contributed by atoms with van der Waals surface area (Å²) in [5.41, 5.74) is 7.23. The van der Waals surface area contributed by atoms with Crippen LogP contribution in [0.15, 0.2) is 77.6 Å². The number of aromatic nitrogens is 1. The van der Waals surface area contributed by atoms with Crippen LogP contribution in [-0.4, -0.2) is 20.6 Å². The molecule has 1 aromatic heterocycles. The van der Waals surface area contributed by atoms with E-state index in [1.165, 1.54) is 10.6 Å². The molecule has 0 saturated heterocycles. The third-order valence-electron chi connectivity index (χ3n) is 5.48. The fourth-order valence-electron chi connectivity index (χ4n) is 3.87. The molecular formula is C25H23N3O4. The molecule has 0 saturated carbocycles. The van der Waals surface area contributed by atoms with Crippen LogP contribution in [0, 0.1) is 0 Å². The maximum Gasteiger partial charge on any atom is 0.265 e. The number of Topliss-reactive ketones (excluding diaryl/α,β-unsaturated/α-hetero) is 1. The zero-order chi connectivity index (χ0) is 22.8. The summed E-state index contributed by atoms with van der Waals surface area (Å²) in [6, 6.07) is 19.9. The van der Waals surface area contributed by atoms with Gasteiger partial charge in [0.25, 0.3) is 5.56 Å². The zero-order valence-electron chi connectivity index (χ0n) is 17.4. The Balaban J connectivity index is 1.77. The molecule has 3 aromatic carbocycles. The molecule has 7 heteroatoms. The Hall–Kier alpha value is -4.26. The lowest BCUT2D eigenvalue weighted by Crippen LogP contribution is -2.26. The number of nitrogens with two attached hydrogens (primary N) is 1. The van der Waals surface area contributed by atoms with Gasteiger partial charge in [0, 0.05) is 35.8 Å². The van der Waals surface area contributed by atoms with E-state index in [-0.39, 0.29) is 23.5 Å². The molecule has 5 N–H and O–H groups in total. The van der Waals surface area contributed by atoms with Crippen molar-refractivity contribution in [1.29, 1.82) is 0 Å². The Morgan fingerprint density at radius 2 is 1.75 bits per heavy atom. The van der Waals surface area contributed by atoms with Gasteiger partial charge < -0.3 is 25.8 Å². The number of hydrogen-bond acceptors (Lipinski definition) is 6. The van der Waals surface area contributed by atoms with Crippen LogP contribution in [0.4, 0.5) is 11.4 Å². The molecule has 0 spiro atoms. The highest BCUT2D eigenvalue weighted by Crippen LogP contribution is 2.33. The minimum Gasteiger partial charge on any atom is -0.508 e. The van der Waals surface area contributed by atoms with E-state index in [0.29, 0.717) is 27.8 Å². The maximum atomic E-state index is 13.3. The molecule has 1 atom stereocenters. The van der Waals surface area contributed by atoms with Gasteiger partial charge in [-0.25, -0.2) is 0 Å². The number of carbonyl (C=O) groups excluding carboxylic acids is 1. The van der Waals surface area contributed by atoms with Crippen molar-refractivity contribution < 1.29 is 15.0 Å². The van der Waals surface area contributed by atoms with Crippen LogP contribution in [0.25, 0.3) is 10.9 Å². The Bertz CT molecular complexity index is 1380. The van der Waals surface area contributed by atoms with E-state index in [1.54, 1.807) is 73.8 Å². The van der Waals surface area contributed by atoms with E-state index in [0.717, 1.165) is 0 Å². The molecule has 0 amide bonds. The highest BCUT2D eigenvalue weighted by molar-refractivity contribution is 6.03. The number of nitrogens with one attached hydrogen (secondary N) is 1. The fourth-order valence-corrected chi connectivity index (χ4v) is 3.87. The first-order valence-corrected chi connectivity index (χ1v) is 10.1. The number of hydrogen-bond donors (Lipinski definition) is 4. The average Bonchev–Trinajstić information content (AvgIpc) is 2.78. The second-order valence-electron chi connectivity index (χ2n) is 7.61. The van der Waals surface area contributed by atoms with Crippen LogP contribution in [-0.2, 0) is 7.05 Å². The molecule has 1 unspecified atom stereocenters. The van der Waals surface area contributed by atoms with Gasteiger partial charge in [-0.1, -0.05) is 36.4 Å². The van der Waals surface area contributed by atoms with Crippen LogP contribution in [0.3, 0.4) is 0 Å². The number of nitrogen functional groups attached to an aromatic ring is 1. The van der Waals surface area contributed by atoms with Gasteiger partial charge in [0.2, 0.25) is 0 Å². The van der Waals surface area contributed by atoms with E-state index < -0.39 is 17.4 Å². The summed E-state index contributed by atoms with van der Waals surface area (Å²) in [4.78, 5) is 26.2. The number of ketones is 1. The Labute approximate surface area is 184 Å². The van der Waals surface area contributed by atoms with Crippen LogP contribution >= 0.6 is 0 Å². The Kier molecular flexibility index (Phi) is 5.55. The molecule has 0 aliphatic carbocycles. The van der Waals surface area contributed by atoms with Crippen molar-refractivity contribution >= 4 is 28.1 Å². The van der Waals surface area contributed by atoms with Crippen molar-refractivity contribution in [2.45, 2.75) is 12.5 Å². The van der Waals surface area contributed by atoms with E-state index in [1.807, 2.05) is 0 Å². The molecule has 32 heavy (non-hydrogen) atoms. The zero-order valence-corrected chi connectivity index (χ0v) is 17.4. The first kappa shape index (κ1) is 21.0. The minimum absolute atomic E-state index is 0.0114. The summed E-state index contributed by atoms with van der Waals surface area (Å²) in [6.45, 7) is 0. The third kappa shape index (κ3) is 3.88. The molecule has 1 heterocycles. The Morgan fingerprint density at radius 1 is 1.03 bits per heavy atom. The standard InChI is InChI=1S/C25H23N3O4/c1-28-20-11-4-2-10-18(20)24(31)23(25(28)32)22(30)14-19(17-9-3-5-12-21(17)29)27-16-8-6-7-15(26)13-16/h2-13,19,27,29,31H,14,26H2,1H3. The second kappa shape index (κ2) is 8.47. The number of para-hydroxylation sites is 2. The van der Waals surface area contributed by atoms with Gasteiger partial charge in [-0.05, 0) is 36.4 Å². The van der Waals surface area contributed by atoms with Crippen molar-refractivity contribution in [1.82, 2.24) is 4.57 Å². The predicted molar refractivity (Wildman–Crippen MR) is 125 cm³/mol. The van der Waals surface area contributed by atoms with Gasteiger partial charge in [-0.15, -0.1) is 0 Å². The second-order valence-corrected chi connectivity index (χ2v) is 7.61. The number of aryl methyl sites for hydroxylation is 1. The number of carbonyl (C=O) groups is 1. The van der Waals surface area contributed by atoms with E-state index >= 15 is 0 Å². The molecular weight excluding hydrogens is 406 g/mol. The highest BCUT2D eigenvalue weighted by atomic mass is 16.3. The fraction of sp³-hybridized carbons (Fsp3) is 0.120. The lowest BCUT2D eigenvalue weighted by Gasteiger charge is -2.21. The monoisotopic (exact) mass is 429 g/mol. The molecule has 162 valence electrons. The summed E-state index contributed by atoms with van der Waals surface area (Å²) in [5.74, 6) is -0.871. The number of phenolic OH excluding ortho intramolecular Hbond substituents is 1. The van der Waals surface area contributed by atoms with Crippen LogP contribution in [0.1, 0.15) is 28.4 Å². The maximum absolute atomic E-state index is 13.3. The SMILES string of the molecule is Cn1c(=O)c(C(=O)CC(Nc2cccc(N)c2)c2ccccc2O)c(O)c2ccccc21.